The Morgan fingerprint density at radius 3 is 2.63 bits per heavy atom. The van der Waals surface area contributed by atoms with Gasteiger partial charge in [-0.25, -0.2) is 5.43 Å². The Bertz CT molecular complexity index is 977. The second-order valence-electron chi connectivity index (χ2n) is 6.25. The van der Waals surface area contributed by atoms with Crippen molar-refractivity contribution in [1.82, 2.24) is 5.43 Å². The fourth-order valence-corrected chi connectivity index (χ4v) is 5.69. The van der Waals surface area contributed by atoms with Crippen LogP contribution in [0.5, 0.6) is 17.2 Å². The molecular formula is C19H17N3O6S2. The van der Waals surface area contributed by atoms with Crippen LogP contribution >= 0.6 is 23.5 Å². The summed E-state index contributed by atoms with van der Waals surface area (Å²) in [5.41, 5.74) is 3.51. The van der Waals surface area contributed by atoms with Crippen LogP contribution in [-0.2, 0) is 4.79 Å². The molecule has 156 valence electrons. The molecule has 1 amide bonds. The van der Waals surface area contributed by atoms with E-state index in [1.165, 1.54) is 23.9 Å². The van der Waals surface area contributed by atoms with Crippen molar-refractivity contribution in [2.24, 2.45) is 5.10 Å². The van der Waals surface area contributed by atoms with Gasteiger partial charge in [-0.05, 0) is 23.8 Å². The van der Waals surface area contributed by atoms with Crippen molar-refractivity contribution < 1.29 is 23.9 Å². The Kier molecular flexibility index (Phi) is 6.29. The van der Waals surface area contributed by atoms with Gasteiger partial charge in [-0.3, -0.25) is 14.9 Å². The highest BCUT2D eigenvalue weighted by Crippen LogP contribution is 2.45. The minimum absolute atomic E-state index is 0.000465. The summed E-state index contributed by atoms with van der Waals surface area (Å²) < 4.78 is 16.3. The topological polar surface area (TPSA) is 112 Å². The van der Waals surface area contributed by atoms with Gasteiger partial charge in [-0.1, -0.05) is 12.1 Å². The van der Waals surface area contributed by atoms with Gasteiger partial charge in [0.05, 0.1) is 27.3 Å². The predicted octanol–water partition coefficient (Wildman–Crippen LogP) is 3.33. The maximum absolute atomic E-state index is 12.0. The Morgan fingerprint density at radius 2 is 1.93 bits per heavy atom. The fourth-order valence-electron chi connectivity index (χ4n) is 2.84. The summed E-state index contributed by atoms with van der Waals surface area (Å²) >= 11 is 3.84. The normalized spacial score (nSPS) is 15.5. The first-order valence-electron chi connectivity index (χ1n) is 8.96. The lowest BCUT2D eigenvalue weighted by Gasteiger charge is -2.10. The smallest absolute Gasteiger partial charge is 0.282 e. The standard InChI is InChI=1S/C19H17N3O6S2/c23-18(10-26-14-3-1-12(2-4-14)19-29-5-6-30-19)21-20-9-13-7-16-17(28-11-27-16)8-15(13)22(24)25/h1-4,7-9,19H,5-6,10-11H2,(H,21,23)/b20-9+. The molecule has 0 spiro atoms. The van der Waals surface area contributed by atoms with Crippen LogP contribution in [0.15, 0.2) is 41.5 Å². The van der Waals surface area contributed by atoms with Crippen molar-refractivity contribution in [3.05, 3.63) is 57.6 Å². The second-order valence-corrected chi connectivity index (χ2v) is 8.97. The lowest BCUT2D eigenvalue weighted by atomic mass is 10.1. The number of hydrogen-bond donors (Lipinski definition) is 1. The van der Waals surface area contributed by atoms with Crippen molar-refractivity contribution in [3.8, 4) is 17.2 Å². The highest BCUT2D eigenvalue weighted by atomic mass is 32.2. The quantitative estimate of drug-likeness (QED) is 0.391. The molecular weight excluding hydrogens is 430 g/mol. The van der Waals surface area contributed by atoms with E-state index in [-0.39, 0.29) is 24.7 Å². The zero-order valence-corrected chi connectivity index (χ0v) is 17.2. The molecule has 11 heteroatoms. The molecule has 2 aromatic rings. The number of hydrogen-bond acceptors (Lipinski definition) is 9. The van der Waals surface area contributed by atoms with E-state index < -0.39 is 10.8 Å². The first-order chi connectivity index (χ1) is 14.6. The number of carbonyl (C=O) groups is 1. The van der Waals surface area contributed by atoms with Crippen molar-refractivity contribution in [3.63, 3.8) is 0 Å². The lowest BCUT2D eigenvalue weighted by Crippen LogP contribution is -2.24. The first kappa shape index (κ1) is 20.4. The third-order valence-electron chi connectivity index (χ3n) is 4.26. The number of ether oxygens (including phenoxy) is 3. The Balaban J connectivity index is 1.30. The number of amides is 1. The van der Waals surface area contributed by atoms with Crippen molar-refractivity contribution in [2.75, 3.05) is 24.9 Å². The number of nitro groups is 1. The van der Waals surface area contributed by atoms with Crippen LogP contribution in [-0.4, -0.2) is 42.0 Å². The molecule has 0 unspecified atom stereocenters. The Morgan fingerprint density at radius 1 is 1.23 bits per heavy atom. The van der Waals surface area contributed by atoms with Crippen molar-refractivity contribution in [2.45, 2.75) is 4.58 Å². The van der Waals surface area contributed by atoms with E-state index in [9.17, 15) is 14.9 Å². The number of nitro benzene ring substituents is 1. The third-order valence-corrected chi connectivity index (χ3v) is 7.36. The van der Waals surface area contributed by atoms with E-state index in [1.807, 2.05) is 47.8 Å². The van der Waals surface area contributed by atoms with Gasteiger partial charge in [0.2, 0.25) is 6.79 Å². The molecule has 0 aromatic heterocycles. The number of nitrogens with zero attached hydrogens (tertiary/aromatic N) is 2. The molecule has 0 aliphatic carbocycles. The van der Waals surface area contributed by atoms with E-state index in [0.717, 1.165) is 11.5 Å². The SMILES string of the molecule is O=C(COc1ccc(C2SCCS2)cc1)N/N=C/c1cc2c(cc1[N+](=O)[O-])OCO2. The molecule has 1 N–H and O–H groups in total. The molecule has 2 heterocycles. The second kappa shape index (κ2) is 9.26. The van der Waals surface area contributed by atoms with Gasteiger partial charge in [0, 0.05) is 11.5 Å². The minimum Gasteiger partial charge on any atom is -0.484 e. The highest BCUT2D eigenvalue weighted by Gasteiger charge is 2.22. The number of nitrogens with one attached hydrogen (secondary N) is 1. The van der Waals surface area contributed by atoms with Crippen LogP contribution in [0.3, 0.4) is 0 Å². The van der Waals surface area contributed by atoms with Crippen LogP contribution in [0.4, 0.5) is 5.69 Å². The average Bonchev–Trinajstić information content (AvgIpc) is 3.43. The molecule has 30 heavy (non-hydrogen) atoms. The number of hydrazone groups is 1. The van der Waals surface area contributed by atoms with E-state index in [4.69, 9.17) is 14.2 Å². The zero-order valence-electron chi connectivity index (χ0n) is 15.6. The molecule has 0 bridgehead atoms. The summed E-state index contributed by atoms with van der Waals surface area (Å²) in [6, 6.07) is 10.4. The largest absolute Gasteiger partial charge is 0.484 e. The van der Waals surface area contributed by atoms with Crippen LogP contribution in [0, 0.1) is 10.1 Å². The number of rotatable bonds is 7. The summed E-state index contributed by atoms with van der Waals surface area (Å²) in [7, 11) is 0. The molecule has 4 rings (SSSR count). The van der Waals surface area contributed by atoms with E-state index in [2.05, 4.69) is 10.5 Å². The molecule has 9 nitrogen and oxygen atoms in total. The van der Waals surface area contributed by atoms with Crippen LogP contribution in [0.25, 0.3) is 0 Å². The highest BCUT2D eigenvalue weighted by molar-refractivity contribution is 8.19. The maximum Gasteiger partial charge on any atom is 0.282 e. The Labute approximate surface area is 180 Å². The van der Waals surface area contributed by atoms with Gasteiger partial charge >= 0.3 is 0 Å². The maximum atomic E-state index is 12.0. The summed E-state index contributed by atoms with van der Waals surface area (Å²) in [6.45, 7) is -0.229. The van der Waals surface area contributed by atoms with Crippen LogP contribution in [0.1, 0.15) is 15.7 Å². The number of carbonyl (C=O) groups excluding carboxylic acids is 1. The Hall–Kier alpha value is -2.92. The molecule has 0 atom stereocenters. The van der Waals surface area contributed by atoms with Gasteiger partial charge in [0.15, 0.2) is 18.1 Å². The number of benzene rings is 2. The minimum atomic E-state index is -0.555. The van der Waals surface area contributed by atoms with E-state index >= 15 is 0 Å². The summed E-state index contributed by atoms with van der Waals surface area (Å²) in [5.74, 6) is 3.09. The molecule has 0 saturated carbocycles. The van der Waals surface area contributed by atoms with Gasteiger partial charge in [0.25, 0.3) is 11.6 Å². The number of fused-ring (bicyclic) bond motifs is 1. The fraction of sp³-hybridized carbons (Fsp3) is 0.263. The molecule has 1 fully saturated rings. The summed E-state index contributed by atoms with van der Waals surface area (Å²) in [4.78, 5) is 22.6. The number of thioether (sulfide) groups is 2. The molecule has 2 aliphatic heterocycles. The lowest BCUT2D eigenvalue weighted by molar-refractivity contribution is -0.385. The third kappa shape index (κ3) is 4.79. The molecule has 0 radical (unpaired) electrons. The van der Waals surface area contributed by atoms with Crippen LogP contribution < -0.4 is 19.6 Å². The molecule has 2 aromatic carbocycles. The monoisotopic (exact) mass is 447 g/mol. The van der Waals surface area contributed by atoms with Crippen molar-refractivity contribution >= 4 is 41.3 Å². The zero-order chi connectivity index (χ0) is 20.9. The van der Waals surface area contributed by atoms with E-state index in [0.29, 0.717) is 21.8 Å². The van der Waals surface area contributed by atoms with Gasteiger partial charge in [0.1, 0.15) is 5.75 Å². The molecule has 1 saturated heterocycles. The van der Waals surface area contributed by atoms with Gasteiger partial charge in [-0.2, -0.15) is 5.10 Å². The summed E-state index contributed by atoms with van der Waals surface area (Å²) in [6.07, 6.45) is 1.18. The molecule has 2 aliphatic rings. The first-order valence-corrected chi connectivity index (χ1v) is 11.1. The summed E-state index contributed by atoms with van der Waals surface area (Å²) in [5, 5.41) is 15.0. The average molecular weight is 447 g/mol. The van der Waals surface area contributed by atoms with Gasteiger partial charge in [-0.15, -0.1) is 23.5 Å². The van der Waals surface area contributed by atoms with Gasteiger partial charge < -0.3 is 14.2 Å². The van der Waals surface area contributed by atoms with Crippen LogP contribution in [0.2, 0.25) is 0 Å². The van der Waals surface area contributed by atoms with E-state index in [1.54, 1.807) is 0 Å². The van der Waals surface area contributed by atoms with Crippen molar-refractivity contribution in [1.29, 1.82) is 0 Å². The predicted molar refractivity (Wildman–Crippen MR) is 115 cm³/mol.